The van der Waals surface area contributed by atoms with Crippen LogP contribution in [0.3, 0.4) is 0 Å². The average molecular weight is 336 g/mol. The first-order chi connectivity index (χ1) is 10.6. The first-order valence-corrected chi connectivity index (χ1v) is 9.23. The summed E-state index contributed by atoms with van der Waals surface area (Å²) in [5.74, 6) is -1.25. The molecule has 0 bridgehead atoms. The first-order valence-electron chi connectivity index (χ1n) is 7.30. The molecule has 0 aromatic carbocycles. The fraction of sp³-hybridized carbons (Fsp3) is 0.857. The lowest BCUT2D eigenvalue weighted by Crippen LogP contribution is -2.53. The zero-order chi connectivity index (χ0) is 16.5. The van der Waals surface area contributed by atoms with Crippen molar-refractivity contribution in [3.05, 3.63) is 12.7 Å². The zero-order valence-corrected chi connectivity index (χ0v) is 15.0. The van der Waals surface area contributed by atoms with Crippen LogP contribution in [0.25, 0.3) is 0 Å². The van der Waals surface area contributed by atoms with Crippen LogP contribution in [-0.2, 0) is 32.2 Å². The van der Waals surface area contributed by atoms with Gasteiger partial charge in [-0.15, -0.1) is 6.58 Å². The Hall–Kier alpha value is -0.323. The highest BCUT2D eigenvalue weighted by atomic mass is 28.4. The van der Waals surface area contributed by atoms with E-state index >= 15 is 0 Å². The maximum atomic E-state index is 6.00. The summed E-state index contributed by atoms with van der Waals surface area (Å²) >= 11 is 0. The van der Waals surface area contributed by atoms with Gasteiger partial charge in [0, 0.05) is 47.5 Å². The predicted molar refractivity (Wildman–Crippen MR) is 82.4 cm³/mol. The van der Waals surface area contributed by atoms with Crippen molar-refractivity contribution in [2.45, 2.75) is 31.0 Å². The van der Waals surface area contributed by atoms with Gasteiger partial charge in [0.15, 0.2) is 0 Å². The van der Waals surface area contributed by atoms with Crippen molar-refractivity contribution >= 4 is 8.80 Å². The van der Waals surface area contributed by atoms with Gasteiger partial charge in [0.1, 0.15) is 6.10 Å². The van der Waals surface area contributed by atoms with E-state index in [1.54, 1.807) is 20.3 Å². The number of epoxide rings is 1. The van der Waals surface area contributed by atoms with Crippen molar-refractivity contribution in [2.24, 2.45) is 0 Å². The molecule has 1 aliphatic heterocycles. The summed E-state index contributed by atoms with van der Waals surface area (Å²) in [6.07, 6.45) is 3.04. The van der Waals surface area contributed by atoms with Gasteiger partial charge < -0.3 is 32.2 Å². The van der Waals surface area contributed by atoms with Crippen molar-refractivity contribution < 1.29 is 32.2 Å². The lowest BCUT2D eigenvalue weighted by atomic mass is 10.4. The van der Waals surface area contributed by atoms with E-state index in [0.29, 0.717) is 25.7 Å². The van der Waals surface area contributed by atoms with E-state index in [1.807, 2.05) is 0 Å². The molecule has 130 valence electrons. The molecule has 1 heterocycles. The van der Waals surface area contributed by atoms with Crippen molar-refractivity contribution in [2.75, 3.05) is 48.3 Å². The lowest BCUT2D eigenvalue weighted by Gasteiger charge is -2.37. The maximum absolute atomic E-state index is 6.00. The second kappa shape index (κ2) is 9.73. The summed E-state index contributed by atoms with van der Waals surface area (Å²) in [6, 6.07) is 0.594. The molecular formula is C14H28O7Si. The highest BCUT2D eigenvalue weighted by Gasteiger charge is 2.47. The van der Waals surface area contributed by atoms with Crippen molar-refractivity contribution in [3.8, 4) is 0 Å². The van der Waals surface area contributed by atoms with E-state index in [9.17, 15) is 0 Å². The Labute approximate surface area is 133 Å². The molecule has 0 amide bonds. The van der Waals surface area contributed by atoms with Crippen LogP contribution in [0, 0.1) is 0 Å². The van der Waals surface area contributed by atoms with E-state index in [4.69, 9.17) is 32.2 Å². The fourth-order valence-electron chi connectivity index (χ4n) is 1.98. The minimum atomic E-state index is -2.93. The quantitative estimate of drug-likeness (QED) is 0.157. The van der Waals surface area contributed by atoms with Crippen LogP contribution >= 0.6 is 0 Å². The molecule has 1 saturated heterocycles. The molecule has 7 nitrogen and oxygen atoms in total. The van der Waals surface area contributed by atoms with Crippen LogP contribution in [0.2, 0.25) is 6.04 Å². The standard InChI is InChI=1S/C14H28O7Si/c1-6-8-14(15-2,16-3)21-22(17-4,18-5)10-7-9-19-11-13-12-20-13/h6,13H,1,7-12H2,2-5H3. The van der Waals surface area contributed by atoms with Gasteiger partial charge in [-0.05, 0) is 6.42 Å². The number of methoxy groups -OCH3 is 2. The highest BCUT2D eigenvalue weighted by molar-refractivity contribution is 6.60. The van der Waals surface area contributed by atoms with Gasteiger partial charge in [-0.25, -0.2) is 0 Å². The molecule has 1 fully saturated rings. The second-order valence-corrected chi connectivity index (χ2v) is 7.80. The van der Waals surface area contributed by atoms with Gasteiger partial charge in [0.25, 0.3) is 5.97 Å². The third-order valence-corrected chi connectivity index (χ3v) is 6.26. The van der Waals surface area contributed by atoms with Crippen LogP contribution < -0.4 is 0 Å². The summed E-state index contributed by atoms with van der Waals surface area (Å²) in [5.41, 5.74) is 0. The number of rotatable bonds is 14. The molecular weight excluding hydrogens is 308 g/mol. The van der Waals surface area contributed by atoms with Crippen molar-refractivity contribution in [1.82, 2.24) is 0 Å². The molecule has 0 spiro atoms. The summed E-state index contributed by atoms with van der Waals surface area (Å²) in [4.78, 5) is 0. The number of hydrogen-bond acceptors (Lipinski definition) is 7. The van der Waals surface area contributed by atoms with Gasteiger partial charge in [0.2, 0.25) is 0 Å². The zero-order valence-electron chi connectivity index (χ0n) is 14.0. The Balaban J connectivity index is 2.52. The molecule has 0 aliphatic carbocycles. The monoisotopic (exact) mass is 336 g/mol. The molecule has 0 saturated carbocycles. The molecule has 0 aromatic heterocycles. The SMILES string of the molecule is C=CCC(OC)(OC)O[Si](CCCOCC1CO1)(OC)OC. The smallest absolute Gasteiger partial charge is 0.379 e. The Kier molecular flexibility index (Phi) is 8.73. The molecule has 0 N–H and O–H groups in total. The van der Waals surface area contributed by atoms with Crippen LogP contribution in [-0.4, -0.2) is 69.1 Å². The van der Waals surface area contributed by atoms with E-state index in [-0.39, 0.29) is 6.10 Å². The average Bonchev–Trinajstić information content (AvgIpc) is 3.37. The number of hydrogen-bond donors (Lipinski definition) is 0. The molecule has 8 heteroatoms. The summed E-state index contributed by atoms with van der Waals surface area (Å²) < 4.78 is 38.4. The minimum absolute atomic E-state index is 0.269. The van der Waals surface area contributed by atoms with E-state index < -0.39 is 14.8 Å². The fourth-order valence-corrected chi connectivity index (χ4v) is 4.13. The normalized spacial score (nSPS) is 18.5. The Bertz CT molecular complexity index is 314. The van der Waals surface area contributed by atoms with Gasteiger partial charge in [-0.3, -0.25) is 0 Å². The molecule has 1 atom stereocenters. The van der Waals surface area contributed by atoms with Crippen molar-refractivity contribution in [1.29, 1.82) is 0 Å². The Morgan fingerprint density at radius 3 is 2.32 bits per heavy atom. The molecule has 0 aromatic rings. The van der Waals surface area contributed by atoms with E-state index in [1.165, 1.54) is 14.2 Å². The highest BCUT2D eigenvalue weighted by Crippen LogP contribution is 2.28. The third kappa shape index (κ3) is 6.05. The number of ether oxygens (including phenoxy) is 4. The third-order valence-electron chi connectivity index (χ3n) is 3.43. The van der Waals surface area contributed by atoms with Crippen LogP contribution in [0.1, 0.15) is 12.8 Å². The lowest BCUT2D eigenvalue weighted by molar-refractivity contribution is -0.335. The van der Waals surface area contributed by atoms with Gasteiger partial charge in [-0.2, -0.15) is 0 Å². The largest absolute Gasteiger partial charge is 0.504 e. The summed E-state index contributed by atoms with van der Waals surface area (Å²) in [6.45, 7) is 5.72. The van der Waals surface area contributed by atoms with E-state index in [2.05, 4.69) is 6.58 Å². The summed E-state index contributed by atoms with van der Waals surface area (Å²) in [5, 5.41) is 0. The molecule has 1 aliphatic rings. The summed E-state index contributed by atoms with van der Waals surface area (Å²) in [7, 11) is 3.23. The molecule has 22 heavy (non-hydrogen) atoms. The first kappa shape index (κ1) is 19.7. The van der Waals surface area contributed by atoms with Gasteiger partial charge in [0.05, 0.1) is 13.2 Å². The maximum Gasteiger partial charge on any atom is 0.504 e. The van der Waals surface area contributed by atoms with Gasteiger partial charge in [-0.1, -0.05) is 6.08 Å². The topological polar surface area (TPSA) is 67.9 Å². The minimum Gasteiger partial charge on any atom is -0.379 e. The van der Waals surface area contributed by atoms with Gasteiger partial charge >= 0.3 is 8.80 Å². The van der Waals surface area contributed by atoms with Crippen LogP contribution in [0.15, 0.2) is 12.7 Å². The molecule has 1 rings (SSSR count). The van der Waals surface area contributed by atoms with Crippen molar-refractivity contribution in [3.63, 3.8) is 0 Å². The second-order valence-electron chi connectivity index (χ2n) is 4.91. The Morgan fingerprint density at radius 2 is 1.86 bits per heavy atom. The van der Waals surface area contributed by atoms with Crippen LogP contribution in [0.4, 0.5) is 0 Å². The molecule has 0 radical (unpaired) electrons. The Morgan fingerprint density at radius 1 is 1.23 bits per heavy atom. The van der Waals surface area contributed by atoms with E-state index in [0.717, 1.165) is 13.0 Å². The predicted octanol–water partition coefficient (Wildman–Crippen LogP) is 1.56. The van der Waals surface area contributed by atoms with Crippen LogP contribution in [0.5, 0.6) is 0 Å². The molecule has 1 unspecified atom stereocenters.